The van der Waals surface area contributed by atoms with Crippen LogP contribution < -0.4 is 10.5 Å². The topological polar surface area (TPSA) is 151 Å². The van der Waals surface area contributed by atoms with Gasteiger partial charge < -0.3 is 19.7 Å². The molecule has 0 spiro atoms. The Bertz CT molecular complexity index is 1890. The van der Waals surface area contributed by atoms with Crippen LogP contribution in [0.1, 0.15) is 35.6 Å². The van der Waals surface area contributed by atoms with Crippen LogP contribution in [0.4, 0.5) is 8.78 Å². The Morgan fingerprint density at radius 1 is 0.911 bits per heavy atom. The van der Waals surface area contributed by atoms with Gasteiger partial charge in [0.1, 0.15) is 21.0 Å². The summed E-state index contributed by atoms with van der Waals surface area (Å²) in [7, 11) is -4.08. The molecule has 2 aliphatic carbocycles. The first-order valence-electron chi connectivity index (χ1n) is 14.1. The Morgan fingerprint density at radius 3 is 2.09 bits per heavy atom. The number of cyclic esters (lactones) is 2. The van der Waals surface area contributed by atoms with Crippen molar-refractivity contribution < 1.29 is 40.8 Å². The van der Waals surface area contributed by atoms with Gasteiger partial charge in [-0.15, -0.1) is 11.3 Å². The van der Waals surface area contributed by atoms with Crippen molar-refractivity contribution in [2.45, 2.75) is 40.0 Å². The molecule has 45 heavy (non-hydrogen) atoms. The predicted octanol–water partition coefficient (Wildman–Crippen LogP) is 4.16. The van der Waals surface area contributed by atoms with Crippen LogP contribution >= 0.6 is 11.3 Å². The van der Waals surface area contributed by atoms with Crippen LogP contribution in [0.25, 0.3) is 10.6 Å². The lowest BCUT2D eigenvalue weighted by Gasteiger charge is -2.15. The highest BCUT2D eigenvalue weighted by atomic mass is 32.2. The minimum Gasteiger partial charge on any atom is -0.464 e. The van der Waals surface area contributed by atoms with Crippen LogP contribution in [0.2, 0.25) is 0 Å². The summed E-state index contributed by atoms with van der Waals surface area (Å²) < 4.78 is 70.1. The summed E-state index contributed by atoms with van der Waals surface area (Å²) in [5.74, 6) is -4.89. The number of hydrogen-bond acceptors (Lipinski definition) is 10. The summed E-state index contributed by atoms with van der Waals surface area (Å²) in [6.07, 6.45) is 0. The van der Waals surface area contributed by atoms with Crippen molar-refractivity contribution >= 4 is 33.3 Å². The lowest BCUT2D eigenvalue weighted by atomic mass is 10.1. The summed E-state index contributed by atoms with van der Waals surface area (Å²) in [5, 5.41) is 3.60. The number of carbonyl (C=O) groups is 2. The van der Waals surface area contributed by atoms with E-state index in [4.69, 9.17) is 15.2 Å². The van der Waals surface area contributed by atoms with E-state index < -0.39 is 38.8 Å². The van der Waals surface area contributed by atoms with Crippen LogP contribution in [0.5, 0.6) is 0 Å². The van der Waals surface area contributed by atoms with Gasteiger partial charge in [0, 0.05) is 36.7 Å². The molecule has 3 N–H and O–H groups in total. The van der Waals surface area contributed by atoms with Gasteiger partial charge in [0.2, 0.25) is 5.76 Å². The summed E-state index contributed by atoms with van der Waals surface area (Å²) in [6, 6.07) is 23.0. The molecule has 10 nitrogen and oxygen atoms in total. The molecule has 0 radical (unpaired) electrons. The highest BCUT2D eigenvalue weighted by Crippen LogP contribution is 2.62. The van der Waals surface area contributed by atoms with Gasteiger partial charge in [-0.2, -0.15) is 13.5 Å². The van der Waals surface area contributed by atoms with Crippen molar-refractivity contribution in [3.63, 3.8) is 0 Å². The van der Waals surface area contributed by atoms with Gasteiger partial charge in [-0.05, 0) is 23.3 Å². The van der Waals surface area contributed by atoms with Crippen molar-refractivity contribution in [2.75, 3.05) is 13.2 Å². The average molecular weight is 656 g/mol. The van der Waals surface area contributed by atoms with Gasteiger partial charge in [-0.25, -0.2) is 13.2 Å². The number of rotatable bonds is 7. The van der Waals surface area contributed by atoms with Crippen molar-refractivity contribution in [3.05, 3.63) is 95.7 Å². The minimum atomic E-state index is -4.08. The zero-order valence-corrected chi connectivity index (χ0v) is 25.3. The molecule has 0 bridgehead atoms. The largest absolute Gasteiger partial charge is 0.464 e. The molecule has 2 saturated carbocycles. The standard InChI is InChI=1S/C20H16F2N2O5S2.C11H11NO2/c1-19(21,22)15-9-13(23-29-15)14-7-8-16(30-14)31(26,27)24-20-12(10-28-18(20)25)17(20)11-5-3-2-4-6-11;12-11-8(6-14-10(11)13)9(11)7-4-2-1-3-5-7/h2-9,12,17,24H,10H2,1H3;1-5,8-9H,6,12H2. The van der Waals surface area contributed by atoms with Gasteiger partial charge in [-0.1, -0.05) is 65.8 Å². The number of benzene rings is 2. The second kappa shape index (κ2) is 10.3. The van der Waals surface area contributed by atoms with Gasteiger partial charge >= 0.3 is 17.9 Å². The van der Waals surface area contributed by atoms with E-state index in [1.54, 1.807) is 0 Å². The number of ether oxygens (including phenoxy) is 2. The van der Waals surface area contributed by atoms with Crippen LogP contribution in [-0.4, -0.2) is 49.8 Å². The van der Waals surface area contributed by atoms with Gasteiger partial charge in [-0.3, -0.25) is 4.79 Å². The highest BCUT2D eigenvalue weighted by molar-refractivity contribution is 7.91. The molecule has 4 heterocycles. The molecule has 6 unspecified atom stereocenters. The van der Waals surface area contributed by atoms with E-state index in [2.05, 4.69) is 14.4 Å². The summed E-state index contributed by atoms with van der Waals surface area (Å²) in [4.78, 5) is 24.2. The molecule has 6 atom stereocenters. The molecule has 8 rings (SSSR count). The second-order valence-electron chi connectivity index (χ2n) is 11.7. The first-order chi connectivity index (χ1) is 21.4. The fourth-order valence-electron chi connectivity index (χ4n) is 6.51. The number of hydrogen-bond donors (Lipinski definition) is 2. The summed E-state index contributed by atoms with van der Waals surface area (Å²) in [5.41, 5.74) is 6.05. The third kappa shape index (κ3) is 4.78. The Kier molecular flexibility index (Phi) is 6.78. The van der Waals surface area contributed by atoms with E-state index in [1.165, 1.54) is 12.1 Å². The van der Waals surface area contributed by atoms with Crippen LogP contribution in [0.3, 0.4) is 0 Å². The van der Waals surface area contributed by atoms with Crippen molar-refractivity contribution in [1.29, 1.82) is 0 Å². The van der Waals surface area contributed by atoms with E-state index in [9.17, 15) is 26.8 Å². The molecule has 2 saturated heterocycles. The molecule has 234 valence electrons. The molecule has 2 aromatic heterocycles. The maximum atomic E-state index is 13.4. The Labute approximate surface area is 260 Å². The molecule has 0 amide bonds. The number of halogens is 2. The molecule has 4 aliphatic rings. The third-order valence-electron chi connectivity index (χ3n) is 8.93. The van der Waals surface area contributed by atoms with E-state index in [1.807, 2.05) is 60.7 Å². The fraction of sp³-hybridized carbons (Fsp3) is 0.323. The van der Waals surface area contributed by atoms with Crippen LogP contribution in [0, 0.1) is 11.8 Å². The fourth-order valence-corrected chi connectivity index (χ4v) is 9.19. The Balaban J connectivity index is 0.000000192. The number of esters is 2. The van der Waals surface area contributed by atoms with Crippen molar-refractivity contribution in [3.8, 4) is 10.6 Å². The lowest BCUT2D eigenvalue weighted by Crippen LogP contribution is -2.43. The van der Waals surface area contributed by atoms with Crippen molar-refractivity contribution in [1.82, 2.24) is 9.88 Å². The number of thiophene rings is 1. The van der Waals surface area contributed by atoms with Gasteiger partial charge in [0.05, 0.1) is 18.1 Å². The summed E-state index contributed by atoms with van der Waals surface area (Å²) in [6.45, 7) is 1.30. The van der Waals surface area contributed by atoms with Crippen LogP contribution in [-0.2, 0) is 35.0 Å². The first-order valence-corrected chi connectivity index (χ1v) is 16.4. The lowest BCUT2D eigenvalue weighted by molar-refractivity contribution is -0.143. The molecule has 4 fully saturated rings. The molecule has 2 aliphatic heterocycles. The number of alkyl halides is 2. The zero-order valence-electron chi connectivity index (χ0n) is 23.7. The molecule has 4 aromatic rings. The molecule has 2 aromatic carbocycles. The quantitative estimate of drug-likeness (QED) is 0.280. The Morgan fingerprint density at radius 2 is 1.51 bits per heavy atom. The van der Waals surface area contributed by atoms with E-state index in [-0.39, 0.29) is 46.2 Å². The number of sulfonamides is 1. The zero-order chi connectivity index (χ0) is 31.8. The maximum Gasteiger partial charge on any atom is 0.328 e. The monoisotopic (exact) mass is 655 g/mol. The van der Waals surface area contributed by atoms with Crippen LogP contribution in [0.15, 0.2) is 87.6 Å². The normalized spacial score (nSPS) is 29.6. The number of nitrogens with zero attached hydrogens (tertiary/aromatic N) is 1. The van der Waals surface area contributed by atoms with Gasteiger partial charge in [0.25, 0.3) is 10.0 Å². The smallest absolute Gasteiger partial charge is 0.328 e. The average Bonchev–Trinajstić information content (AvgIpc) is 3.41. The van der Waals surface area contributed by atoms with E-state index in [0.29, 0.717) is 18.4 Å². The molecule has 14 heteroatoms. The predicted molar refractivity (Wildman–Crippen MR) is 157 cm³/mol. The first kappa shape index (κ1) is 29.7. The second-order valence-corrected chi connectivity index (χ2v) is 14.7. The molecular weight excluding hydrogens is 628 g/mol. The van der Waals surface area contributed by atoms with E-state index in [0.717, 1.165) is 28.5 Å². The third-order valence-corrected chi connectivity index (χ3v) is 12.0. The Hall–Kier alpha value is -3.98. The van der Waals surface area contributed by atoms with E-state index >= 15 is 0 Å². The number of nitrogens with two attached hydrogens (primary N) is 1. The summed E-state index contributed by atoms with van der Waals surface area (Å²) >= 11 is 0.846. The molecular formula is C31H27F2N3O7S2. The number of fused-ring (bicyclic) bond motifs is 2. The SMILES string of the molecule is CC(F)(F)c1cc(-c2ccc(S(=O)(=O)NC34C(=O)OCC3C4c3ccccc3)s2)no1.NC12C(=O)OCC1C2c1ccccc1. The van der Waals surface area contributed by atoms with Crippen molar-refractivity contribution in [2.24, 2.45) is 17.6 Å². The number of carbonyl (C=O) groups excluding carboxylic acids is 2. The number of aromatic nitrogens is 1. The van der Waals surface area contributed by atoms with Gasteiger partial charge in [0.15, 0.2) is 0 Å². The number of nitrogens with one attached hydrogen (secondary N) is 1. The maximum absolute atomic E-state index is 13.4. The highest BCUT2D eigenvalue weighted by Gasteiger charge is 2.76. The minimum absolute atomic E-state index is 0.0677.